The lowest BCUT2D eigenvalue weighted by molar-refractivity contribution is 0.0727. The molecule has 0 fully saturated rings. The molecule has 0 unspecified atom stereocenters. The SMILES string of the molecule is CCOc1cc(C#N)ccc1OC(=O)c1cc(OC)c(OCc2ccccc2)c(OC)c1. The first kappa shape index (κ1) is 22.5. The van der Waals surface area contributed by atoms with E-state index < -0.39 is 5.97 Å². The minimum absolute atomic E-state index is 0.206. The van der Waals surface area contributed by atoms with Gasteiger partial charge in [-0.05, 0) is 36.8 Å². The van der Waals surface area contributed by atoms with Gasteiger partial charge in [-0.25, -0.2) is 4.79 Å². The summed E-state index contributed by atoms with van der Waals surface area (Å²) in [5, 5.41) is 9.09. The molecule has 0 atom stereocenters. The van der Waals surface area contributed by atoms with Crippen molar-refractivity contribution in [3.05, 3.63) is 77.4 Å². The van der Waals surface area contributed by atoms with E-state index in [1.165, 1.54) is 38.5 Å². The molecule has 0 aliphatic heterocycles. The molecule has 3 aromatic carbocycles. The lowest BCUT2D eigenvalue weighted by atomic mass is 10.1. The van der Waals surface area contributed by atoms with Crippen molar-refractivity contribution in [3.63, 3.8) is 0 Å². The van der Waals surface area contributed by atoms with E-state index >= 15 is 0 Å². The fraction of sp³-hybridized carbons (Fsp3) is 0.200. The maximum atomic E-state index is 12.9. The Labute approximate surface area is 186 Å². The number of benzene rings is 3. The molecule has 7 nitrogen and oxygen atoms in total. The van der Waals surface area contributed by atoms with E-state index in [1.54, 1.807) is 13.0 Å². The standard InChI is InChI=1S/C25H23NO6/c1-4-30-21-12-18(15-26)10-11-20(21)32-25(27)19-13-22(28-2)24(23(14-19)29-3)31-16-17-8-6-5-7-9-17/h5-14H,4,16H2,1-3H3. The van der Waals surface area contributed by atoms with Crippen LogP contribution in [0.25, 0.3) is 0 Å². The number of rotatable bonds is 9. The molecule has 32 heavy (non-hydrogen) atoms. The molecule has 0 heterocycles. The molecule has 164 valence electrons. The highest BCUT2D eigenvalue weighted by Crippen LogP contribution is 2.39. The number of ether oxygens (including phenoxy) is 5. The lowest BCUT2D eigenvalue weighted by Gasteiger charge is -2.16. The Hall–Kier alpha value is -4.18. The second-order valence-corrected chi connectivity index (χ2v) is 6.58. The third-order valence-electron chi connectivity index (χ3n) is 4.50. The minimum Gasteiger partial charge on any atom is -0.493 e. The molecule has 0 aliphatic carbocycles. The summed E-state index contributed by atoms with van der Waals surface area (Å²) in [5.41, 5.74) is 1.58. The quantitative estimate of drug-likeness (QED) is 0.355. The summed E-state index contributed by atoms with van der Waals surface area (Å²) in [7, 11) is 2.96. The van der Waals surface area contributed by atoms with Gasteiger partial charge in [0.15, 0.2) is 23.0 Å². The van der Waals surface area contributed by atoms with Gasteiger partial charge in [0.25, 0.3) is 0 Å². The average molecular weight is 433 g/mol. The van der Waals surface area contributed by atoms with Crippen LogP contribution in [0.1, 0.15) is 28.4 Å². The van der Waals surface area contributed by atoms with Crippen LogP contribution in [-0.2, 0) is 6.61 Å². The van der Waals surface area contributed by atoms with Crippen molar-refractivity contribution in [1.29, 1.82) is 5.26 Å². The number of nitriles is 1. The molecule has 0 bridgehead atoms. The van der Waals surface area contributed by atoms with Crippen LogP contribution < -0.4 is 23.7 Å². The van der Waals surface area contributed by atoms with Crippen LogP contribution in [0.2, 0.25) is 0 Å². The first-order chi connectivity index (χ1) is 15.6. The number of hydrogen-bond acceptors (Lipinski definition) is 7. The molecule has 0 radical (unpaired) electrons. The molecular formula is C25H23NO6. The van der Waals surface area contributed by atoms with Crippen LogP contribution in [0, 0.1) is 11.3 Å². The second-order valence-electron chi connectivity index (χ2n) is 6.58. The van der Waals surface area contributed by atoms with Crippen molar-refractivity contribution in [1.82, 2.24) is 0 Å². The molecule has 3 aromatic rings. The molecule has 0 saturated carbocycles. The Morgan fingerprint density at radius 1 is 0.875 bits per heavy atom. The van der Waals surface area contributed by atoms with Gasteiger partial charge in [0.1, 0.15) is 6.61 Å². The summed E-state index contributed by atoms with van der Waals surface area (Å²) >= 11 is 0. The fourth-order valence-electron chi connectivity index (χ4n) is 2.96. The molecule has 0 amide bonds. The minimum atomic E-state index is -0.637. The first-order valence-electron chi connectivity index (χ1n) is 9.91. The number of carbonyl (C=O) groups excluding carboxylic acids is 1. The monoisotopic (exact) mass is 433 g/mol. The third-order valence-corrected chi connectivity index (χ3v) is 4.50. The number of carbonyl (C=O) groups is 1. The molecule has 7 heteroatoms. The van der Waals surface area contributed by atoms with Crippen molar-refractivity contribution in [3.8, 4) is 34.8 Å². The Morgan fingerprint density at radius 3 is 2.16 bits per heavy atom. The van der Waals surface area contributed by atoms with Crippen LogP contribution in [0.3, 0.4) is 0 Å². The normalized spacial score (nSPS) is 10.1. The molecular weight excluding hydrogens is 410 g/mol. The zero-order valence-corrected chi connectivity index (χ0v) is 18.1. The van der Waals surface area contributed by atoms with Gasteiger partial charge in [0.05, 0.1) is 38.0 Å². The molecule has 0 N–H and O–H groups in total. The highest BCUT2D eigenvalue weighted by Gasteiger charge is 2.20. The summed E-state index contributed by atoms with van der Waals surface area (Å²) in [6, 6.07) is 19.3. The van der Waals surface area contributed by atoms with E-state index in [0.717, 1.165) is 5.56 Å². The summed E-state index contributed by atoms with van der Waals surface area (Å²) in [5.74, 6) is 0.916. The van der Waals surface area contributed by atoms with E-state index in [2.05, 4.69) is 0 Å². The maximum absolute atomic E-state index is 12.9. The number of nitrogens with zero attached hydrogens (tertiary/aromatic N) is 1. The fourth-order valence-corrected chi connectivity index (χ4v) is 2.96. The second kappa shape index (κ2) is 10.7. The van der Waals surface area contributed by atoms with Gasteiger partial charge in [-0.3, -0.25) is 0 Å². The molecule has 0 spiro atoms. The van der Waals surface area contributed by atoms with Crippen molar-refractivity contribution in [2.24, 2.45) is 0 Å². The highest BCUT2D eigenvalue weighted by molar-refractivity contribution is 5.93. The summed E-state index contributed by atoms with van der Waals surface area (Å²) in [6.07, 6.45) is 0. The molecule has 0 saturated heterocycles. The largest absolute Gasteiger partial charge is 0.493 e. The number of hydrogen-bond donors (Lipinski definition) is 0. The predicted octanol–water partition coefficient (Wildman–Crippen LogP) is 4.77. The van der Waals surface area contributed by atoms with Crippen molar-refractivity contribution < 1.29 is 28.5 Å². The van der Waals surface area contributed by atoms with Gasteiger partial charge in [-0.1, -0.05) is 30.3 Å². The topological polar surface area (TPSA) is 87.0 Å². The van der Waals surface area contributed by atoms with Gasteiger partial charge in [0, 0.05) is 6.07 Å². The van der Waals surface area contributed by atoms with Crippen LogP contribution in [0.5, 0.6) is 28.7 Å². The van der Waals surface area contributed by atoms with Crippen molar-refractivity contribution >= 4 is 5.97 Å². The maximum Gasteiger partial charge on any atom is 0.343 e. The Bertz CT molecular complexity index is 1100. The smallest absolute Gasteiger partial charge is 0.343 e. The first-order valence-corrected chi connectivity index (χ1v) is 9.91. The summed E-state index contributed by atoms with van der Waals surface area (Å²) in [4.78, 5) is 12.9. The van der Waals surface area contributed by atoms with E-state index in [9.17, 15) is 4.79 Å². The van der Waals surface area contributed by atoms with Gasteiger partial charge in [-0.2, -0.15) is 5.26 Å². The van der Waals surface area contributed by atoms with Crippen molar-refractivity contribution in [2.45, 2.75) is 13.5 Å². The Balaban J connectivity index is 1.86. The van der Waals surface area contributed by atoms with Gasteiger partial charge >= 0.3 is 5.97 Å². The Morgan fingerprint density at radius 2 is 1.56 bits per heavy atom. The highest BCUT2D eigenvalue weighted by atomic mass is 16.6. The van der Waals surface area contributed by atoms with E-state index in [0.29, 0.717) is 41.8 Å². The van der Waals surface area contributed by atoms with Crippen molar-refractivity contribution in [2.75, 3.05) is 20.8 Å². The van der Waals surface area contributed by atoms with E-state index in [4.69, 9.17) is 28.9 Å². The van der Waals surface area contributed by atoms with Crippen LogP contribution in [0.15, 0.2) is 60.7 Å². The average Bonchev–Trinajstić information content (AvgIpc) is 2.83. The van der Waals surface area contributed by atoms with E-state index in [-0.39, 0.29) is 11.3 Å². The number of esters is 1. The van der Waals surface area contributed by atoms with E-state index in [1.807, 2.05) is 36.4 Å². The summed E-state index contributed by atoms with van der Waals surface area (Å²) in [6.45, 7) is 2.46. The predicted molar refractivity (Wildman–Crippen MR) is 118 cm³/mol. The number of methoxy groups -OCH3 is 2. The van der Waals surface area contributed by atoms with Crippen LogP contribution >= 0.6 is 0 Å². The van der Waals surface area contributed by atoms with Crippen LogP contribution in [-0.4, -0.2) is 26.8 Å². The molecule has 0 aromatic heterocycles. The van der Waals surface area contributed by atoms with Gasteiger partial charge in [0.2, 0.25) is 5.75 Å². The van der Waals surface area contributed by atoms with Gasteiger partial charge < -0.3 is 23.7 Å². The zero-order chi connectivity index (χ0) is 22.9. The molecule has 0 aliphatic rings. The third kappa shape index (κ3) is 5.29. The Kier molecular flexibility index (Phi) is 7.55. The lowest BCUT2D eigenvalue weighted by Crippen LogP contribution is -2.11. The van der Waals surface area contributed by atoms with Crippen LogP contribution in [0.4, 0.5) is 0 Å². The molecule has 3 rings (SSSR count). The zero-order valence-electron chi connectivity index (χ0n) is 18.1. The summed E-state index contributed by atoms with van der Waals surface area (Å²) < 4.78 is 27.8. The van der Waals surface area contributed by atoms with Gasteiger partial charge in [-0.15, -0.1) is 0 Å².